The molecule has 4 heteroatoms. The number of fused-ring (bicyclic) bond motifs is 1. The van der Waals surface area contributed by atoms with Crippen LogP contribution in [0.5, 0.6) is 0 Å². The van der Waals surface area contributed by atoms with Crippen molar-refractivity contribution >= 4 is 11.5 Å². The summed E-state index contributed by atoms with van der Waals surface area (Å²) in [5.41, 5.74) is 1.82. The van der Waals surface area contributed by atoms with Crippen LogP contribution in [0.3, 0.4) is 0 Å². The topological polar surface area (TPSA) is 40.5 Å². The van der Waals surface area contributed by atoms with Crippen LogP contribution >= 0.6 is 0 Å². The molecule has 1 saturated carbocycles. The van der Waals surface area contributed by atoms with Gasteiger partial charge in [-0.3, -0.25) is 4.79 Å². The molecule has 1 aromatic rings. The minimum atomic E-state index is -0.335. The summed E-state index contributed by atoms with van der Waals surface area (Å²) in [6.45, 7) is 4.80. The van der Waals surface area contributed by atoms with Crippen LogP contribution in [0.4, 0.5) is 10.1 Å². The van der Waals surface area contributed by atoms with Crippen LogP contribution in [0.15, 0.2) is 12.1 Å². The number of aryl methyl sites for hydroxylation is 1. The molecule has 2 aliphatic rings. The summed E-state index contributed by atoms with van der Waals surface area (Å²) in [6, 6.07) is 3.11. The molecule has 3 atom stereocenters. The number of aliphatic hydroxyl groups excluding tert-OH is 1. The van der Waals surface area contributed by atoms with E-state index in [0.717, 1.165) is 31.6 Å². The van der Waals surface area contributed by atoms with E-state index in [1.54, 1.807) is 13.0 Å². The highest BCUT2D eigenvalue weighted by atomic mass is 19.1. The first-order valence-corrected chi connectivity index (χ1v) is 7.21. The van der Waals surface area contributed by atoms with Gasteiger partial charge in [0.05, 0.1) is 6.10 Å². The highest BCUT2D eigenvalue weighted by Gasteiger charge is 2.42. The lowest BCUT2D eigenvalue weighted by Crippen LogP contribution is -2.26. The highest BCUT2D eigenvalue weighted by molar-refractivity contribution is 6.00. The predicted molar refractivity (Wildman–Crippen MR) is 75.6 cm³/mol. The van der Waals surface area contributed by atoms with Gasteiger partial charge >= 0.3 is 0 Å². The van der Waals surface area contributed by atoms with E-state index in [9.17, 15) is 14.3 Å². The predicted octanol–water partition coefficient (Wildman–Crippen LogP) is 2.54. The van der Waals surface area contributed by atoms with Gasteiger partial charge in [-0.25, -0.2) is 4.39 Å². The Balaban J connectivity index is 1.95. The average molecular weight is 277 g/mol. The van der Waals surface area contributed by atoms with Gasteiger partial charge in [0.15, 0.2) is 5.78 Å². The molecular formula is C16H20FNO2. The van der Waals surface area contributed by atoms with Crippen LogP contribution in [-0.4, -0.2) is 30.1 Å². The minimum absolute atomic E-state index is 0.114. The van der Waals surface area contributed by atoms with Crippen LogP contribution in [0.2, 0.25) is 0 Å². The summed E-state index contributed by atoms with van der Waals surface area (Å²) in [6.07, 6.45) is 1.69. The first-order valence-electron chi connectivity index (χ1n) is 7.21. The molecule has 0 radical (unpaired) electrons. The lowest BCUT2D eigenvalue weighted by Gasteiger charge is -2.23. The molecule has 0 amide bonds. The lowest BCUT2D eigenvalue weighted by atomic mass is 10.00. The minimum Gasteiger partial charge on any atom is -0.393 e. The van der Waals surface area contributed by atoms with Crippen molar-refractivity contribution in [2.45, 2.75) is 32.8 Å². The number of anilines is 1. The molecule has 1 aromatic carbocycles. The van der Waals surface area contributed by atoms with Crippen LogP contribution < -0.4 is 4.90 Å². The van der Waals surface area contributed by atoms with E-state index in [0.29, 0.717) is 23.0 Å². The number of carbonyl (C=O) groups excluding carboxylic acids is 1. The van der Waals surface area contributed by atoms with Gasteiger partial charge in [0.2, 0.25) is 0 Å². The molecule has 0 bridgehead atoms. The molecule has 0 spiro atoms. The molecule has 3 rings (SSSR count). The number of Topliss-reactive ketones (excluding diaryl/α,β-unsaturated/α-hetero) is 1. The van der Waals surface area contributed by atoms with Gasteiger partial charge in [-0.1, -0.05) is 0 Å². The molecule has 20 heavy (non-hydrogen) atoms. The van der Waals surface area contributed by atoms with E-state index in [1.807, 2.05) is 0 Å². The number of hydrogen-bond acceptors (Lipinski definition) is 3. The van der Waals surface area contributed by atoms with Gasteiger partial charge in [0, 0.05) is 30.3 Å². The molecule has 108 valence electrons. The second-order valence-corrected chi connectivity index (χ2v) is 6.15. The number of ketones is 1. The Labute approximate surface area is 118 Å². The first kappa shape index (κ1) is 13.6. The highest BCUT2D eigenvalue weighted by Crippen LogP contribution is 2.41. The third-order valence-corrected chi connectivity index (χ3v) is 4.82. The lowest BCUT2D eigenvalue weighted by molar-refractivity contribution is 0.101. The van der Waals surface area contributed by atoms with Crippen LogP contribution in [0.25, 0.3) is 0 Å². The normalized spacial score (nSPS) is 28.8. The van der Waals surface area contributed by atoms with Crippen molar-refractivity contribution < 1.29 is 14.3 Å². The van der Waals surface area contributed by atoms with E-state index >= 15 is 0 Å². The van der Waals surface area contributed by atoms with Gasteiger partial charge in [-0.2, -0.15) is 0 Å². The third kappa shape index (κ3) is 2.12. The summed E-state index contributed by atoms with van der Waals surface area (Å²) >= 11 is 0. The maximum Gasteiger partial charge on any atom is 0.161 e. The third-order valence-electron chi connectivity index (χ3n) is 4.82. The van der Waals surface area contributed by atoms with Crippen LogP contribution in [-0.2, 0) is 0 Å². The molecule has 2 fully saturated rings. The number of rotatable bonds is 2. The van der Waals surface area contributed by atoms with E-state index < -0.39 is 0 Å². The summed E-state index contributed by atoms with van der Waals surface area (Å²) < 4.78 is 13.7. The Kier molecular flexibility index (Phi) is 3.28. The quantitative estimate of drug-likeness (QED) is 0.845. The number of carbonyl (C=O) groups is 1. The van der Waals surface area contributed by atoms with Crippen molar-refractivity contribution in [1.82, 2.24) is 0 Å². The molecule has 3 unspecified atom stereocenters. The summed E-state index contributed by atoms with van der Waals surface area (Å²) in [4.78, 5) is 13.9. The van der Waals surface area contributed by atoms with Crippen molar-refractivity contribution in [1.29, 1.82) is 0 Å². The molecule has 1 aliphatic heterocycles. The summed E-state index contributed by atoms with van der Waals surface area (Å²) in [5.74, 6) is 0.338. The Hall–Kier alpha value is -1.42. The van der Waals surface area contributed by atoms with Crippen molar-refractivity contribution in [2.75, 3.05) is 18.0 Å². The fraction of sp³-hybridized carbons (Fsp3) is 0.562. The standard InChI is InChI=1S/C16H20FNO2/c1-9-5-15(12(10(2)19)6-14(9)17)18-7-11-3-4-16(20)13(11)8-18/h5-6,11,13,16,20H,3-4,7-8H2,1-2H3. The molecular weight excluding hydrogens is 257 g/mol. The number of halogens is 1. The van der Waals surface area contributed by atoms with Gasteiger partial charge in [-0.15, -0.1) is 0 Å². The summed E-state index contributed by atoms with van der Waals surface area (Å²) in [5, 5.41) is 9.99. The Morgan fingerprint density at radius 3 is 2.75 bits per heavy atom. The number of aliphatic hydroxyl groups is 1. The SMILES string of the molecule is CC(=O)c1cc(F)c(C)cc1N1CC2CCC(O)C2C1. The average Bonchev–Trinajstić information content (AvgIpc) is 2.95. The van der Waals surface area contributed by atoms with Gasteiger partial charge in [0.25, 0.3) is 0 Å². The van der Waals surface area contributed by atoms with E-state index in [-0.39, 0.29) is 17.7 Å². The molecule has 1 N–H and O–H groups in total. The first-order chi connectivity index (χ1) is 9.47. The van der Waals surface area contributed by atoms with Gasteiger partial charge in [0.1, 0.15) is 5.82 Å². The Bertz CT molecular complexity index is 558. The maximum absolute atomic E-state index is 13.7. The summed E-state index contributed by atoms with van der Waals surface area (Å²) in [7, 11) is 0. The second kappa shape index (κ2) is 4.85. The molecule has 1 aliphatic carbocycles. The largest absolute Gasteiger partial charge is 0.393 e. The van der Waals surface area contributed by atoms with Crippen molar-refractivity contribution in [3.63, 3.8) is 0 Å². The zero-order valence-electron chi connectivity index (χ0n) is 11.9. The Morgan fingerprint density at radius 1 is 1.35 bits per heavy atom. The Morgan fingerprint density at radius 2 is 2.10 bits per heavy atom. The van der Waals surface area contributed by atoms with Gasteiger partial charge in [-0.05, 0) is 50.3 Å². The smallest absolute Gasteiger partial charge is 0.161 e. The van der Waals surface area contributed by atoms with Crippen LogP contribution in [0.1, 0.15) is 35.7 Å². The van der Waals surface area contributed by atoms with E-state index in [1.165, 1.54) is 13.0 Å². The van der Waals surface area contributed by atoms with Crippen LogP contribution in [0, 0.1) is 24.6 Å². The number of benzene rings is 1. The fourth-order valence-electron chi connectivity index (χ4n) is 3.64. The van der Waals surface area contributed by atoms with Gasteiger partial charge < -0.3 is 10.0 Å². The molecule has 1 saturated heterocycles. The zero-order valence-corrected chi connectivity index (χ0v) is 11.9. The second-order valence-electron chi connectivity index (χ2n) is 6.15. The van der Waals surface area contributed by atoms with E-state index in [2.05, 4.69) is 4.90 Å². The zero-order chi connectivity index (χ0) is 14.4. The molecule has 0 aromatic heterocycles. The van der Waals surface area contributed by atoms with Crippen molar-refractivity contribution in [3.8, 4) is 0 Å². The molecule has 3 nitrogen and oxygen atoms in total. The monoisotopic (exact) mass is 277 g/mol. The number of hydrogen-bond donors (Lipinski definition) is 1. The fourth-order valence-corrected chi connectivity index (χ4v) is 3.64. The van der Waals surface area contributed by atoms with Crippen molar-refractivity contribution in [2.24, 2.45) is 11.8 Å². The number of nitrogens with zero attached hydrogens (tertiary/aromatic N) is 1. The van der Waals surface area contributed by atoms with E-state index in [4.69, 9.17) is 0 Å². The molecule has 1 heterocycles. The maximum atomic E-state index is 13.7. The van der Waals surface area contributed by atoms with Crippen molar-refractivity contribution in [3.05, 3.63) is 29.1 Å².